The van der Waals surface area contributed by atoms with Crippen LogP contribution in [0.5, 0.6) is 0 Å². The highest BCUT2D eigenvalue weighted by atomic mass is 35.5. The van der Waals surface area contributed by atoms with Gasteiger partial charge in [-0.2, -0.15) is 0 Å². The molecule has 124 valence electrons. The number of carbonyl (C=O) groups is 2. The van der Waals surface area contributed by atoms with Crippen molar-refractivity contribution < 1.29 is 14.7 Å². The molecule has 1 heterocycles. The largest absolute Gasteiger partial charge is 0.378 e. The third-order valence-corrected chi connectivity index (χ3v) is 5.38. The average Bonchev–Trinajstić information content (AvgIpc) is 3.30. The standard InChI is InChI=1S/C17H21ClN2O3/c18-13-5-2-1-4-12(13)10-16(7-8-16)15(22)20-9-3-6-17(23,11-20)14(19)21/h1-2,4-5,23H,3,6-11H2,(H2,19,21)/t17-/m1/s1. The summed E-state index contributed by atoms with van der Waals surface area (Å²) in [5, 5.41) is 11.0. The minimum Gasteiger partial charge on any atom is -0.378 e. The van der Waals surface area contributed by atoms with E-state index in [2.05, 4.69) is 0 Å². The Morgan fingerprint density at radius 1 is 1.26 bits per heavy atom. The van der Waals surface area contributed by atoms with Gasteiger partial charge in [0.1, 0.15) is 0 Å². The Kier molecular flexibility index (Phi) is 4.10. The molecule has 1 atom stereocenters. The predicted molar refractivity (Wildman–Crippen MR) is 86.8 cm³/mol. The van der Waals surface area contributed by atoms with Crippen LogP contribution >= 0.6 is 11.6 Å². The highest BCUT2D eigenvalue weighted by molar-refractivity contribution is 6.31. The molecule has 1 aromatic rings. The van der Waals surface area contributed by atoms with Crippen LogP contribution in [0.2, 0.25) is 5.02 Å². The number of aliphatic hydroxyl groups is 1. The molecular formula is C17H21ClN2O3. The van der Waals surface area contributed by atoms with E-state index in [0.29, 0.717) is 30.8 Å². The molecule has 3 rings (SSSR count). The van der Waals surface area contributed by atoms with E-state index in [9.17, 15) is 14.7 Å². The first-order chi connectivity index (χ1) is 10.9. The van der Waals surface area contributed by atoms with Crippen molar-refractivity contribution in [1.82, 2.24) is 4.90 Å². The van der Waals surface area contributed by atoms with Gasteiger partial charge in [-0.25, -0.2) is 0 Å². The lowest BCUT2D eigenvalue weighted by Gasteiger charge is -2.38. The summed E-state index contributed by atoms with van der Waals surface area (Å²) < 4.78 is 0. The first kappa shape index (κ1) is 16.3. The van der Waals surface area contributed by atoms with Crippen molar-refractivity contribution in [3.8, 4) is 0 Å². The van der Waals surface area contributed by atoms with Crippen LogP contribution in [-0.4, -0.2) is 40.5 Å². The molecular weight excluding hydrogens is 316 g/mol. The fraction of sp³-hybridized carbons (Fsp3) is 0.529. The molecule has 23 heavy (non-hydrogen) atoms. The normalized spacial score (nSPS) is 25.9. The van der Waals surface area contributed by atoms with Crippen LogP contribution in [0.15, 0.2) is 24.3 Å². The zero-order chi connectivity index (χ0) is 16.7. The van der Waals surface area contributed by atoms with E-state index in [1.807, 2.05) is 24.3 Å². The van der Waals surface area contributed by atoms with Gasteiger partial charge in [0.2, 0.25) is 5.91 Å². The maximum Gasteiger partial charge on any atom is 0.251 e. The van der Waals surface area contributed by atoms with Gasteiger partial charge in [-0.3, -0.25) is 9.59 Å². The third-order valence-electron chi connectivity index (χ3n) is 5.01. The van der Waals surface area contributed by atoms with Crippen LogP contribution in [0.25, 0.3) is 0 Å². The number of β-amino-alcohol motifs (C(OH)–C–C–N with tert-alkyl or cyclic N) is 1. The van der Waals surface area contributed by atoms with Crippen LogP contribution in [0.3, 0.4) is 0 Å². The second kappa shape index (κ2) is 5.80. The molecule has 0 unspecified atom stereocenters. The monoisotopic (exact) mass is 336 g/mol. The highest BCUT2D eigenvalue weighted by Gasteiger charge is 2.53. The summed E-state index contributed by atoms with van der Waals surface area (Å²) in [5.41, 5.74) is 4.20. The fourth-order valence-electron chi connectivity index (χ4n) is 3.37. The quantitative estimate of drug-likeness (QED) is 0.874. The van der Waals surface area contributed by atoms with Crippen LogP contribution in [0.4, 0.5) is 0 Å². The third kappa shape index (κ3) is 3.08. The van der Waals surface area contributed by atoms with Crippen molar-refractivity contribution in [1.29, 1.82) is 0 Å². The zero-order valence-electron chi connectivity index (χ0n) is 12.9. The van der Waals surface area contributed by atoms with Crippen molar-refractivity contribution in [3.05, 3.63) is 34.9 Å². The molecule has 1 aliphatic heterocycles. The number of hydrogen-bond donors (Lipinski definition) is 2. The zero-order valence-corrected chi connectivity index (χ0v) is 13.7. The summed E-state index contributed by atoms with van der Waals surface area (Å²) in [4.78, 5) is 26.0. The molecule has 0 spiro atoms. The maximum absolute atomic E-state index is 12.9. The lowest BCUT2D eigenvalue weighted by molar-refractivity contribution is -0.152. The Balaban J connectivity index is 1.75. The highest BCUT2D eigenvalue weighted by Crippen LogP contribution is 2.51. The molecule has 2 aliphatic rings. The molecule has 1 aliphatic carbocycles. The molecule has 0 bridgehead atoms. The summed E-state index contributed by atoms with van der Waals surface area (Å²) in [6.07, 6.45) is 3.10. The number of piperidine rings is 1. The summed E-state index contributed by atoms with van der Waals surface area (Å²) in [5.74, 6) is -0.761. The summed E-state index contributed by atoms with van der Waals surface area (Å²) in [7, 11) is 0. The Morgan fingerprint density at radius 3 is 2.57 bits per heavy atom. The van der Waals surface area contributed by atoms with Gasteiger partial charge in [-0.15, -0.1) is 0 Å². The number of nitrogens with zero attached hydrogens (tertiary/aromatic N) is 1. The number of nitrogens with two attached hydrogens (primary N) is 1. The molecule has 6 heteroatoms. The SMILES string of the molecule is NC(=O)[C@@]1(O)CCCN(C(=O)C2(Cc3ccccc3Cl)CC2)C1. The Labute approximate surface area is 140 Å². The van der Waals surface area contributed by atoms with Gasteiger partial charge in [0.25, 0.3) is 5.91 Å². The Morgan fingerprint density at radius 2 is 1.96 bits per heavy atom. The van der Waals surface area contributed by atoms with Crippen LogP contribution in [0, 0.1) is 5.41 Å². The number of hydrogen-bond acceptors (Lipinski definition) is 3. The molecule has 5 nitrogen and oxygen atoms in total. The van der Waals surface area contributed by atoms with E-state index < -0.39 is 16.9 Å². The maximum atomic E-state index is 12.9. The van der Waals surface area contributed by atoms with Crippen LogP contribution in [-0.2, 0) is 16.0 Å². The van der Waals surface area contributed by atoms with Crippen molar-refractivity contribution in [3.63, 3.8) is 0 Å². The first-order valence-corrected chi connectivity index (χ1v) is 8.29. The molecule has 2 fully saturated rings. The van der Waals surface area contributed by atoms with Gasteiger partial charge in [0.05, 0.1) is 12.0 Å². The number of primary amides is 1. The molecule has 3 N–H and O–H groups in total. The van der Waals surface area contributed by atoms with Crippen LogP contribution < -0.4 is 5.73 Å². The topological polar surface area (TPSA) is 83.6 Å². The minimum absolute atomic E-state index is 0.00297. The van der Waals surface area contributed by atoms with Gasteiger partial charge in [-0.1, -0.05) is 29.8 Å². The predicted octanol–water partition coefficient (Wildman–Crippen LogP) is 1.50. The van der Waals surface area contributed by atoms with E-state index in [1.165, 1.54) is 0 Å². The number of carbonyl (C=O) groups excluding carboxylic acids is 2. The van der Waals surface area contributed by atoms with Crippen molar-refractivity contribution in [2.45, 2.75) is 37.7 Å². The average molecular weight is 337 g/mol. The number of amides is 2. The molecule has 1 saturated heterocycles. The van der Waals surface area contributed by atoms with Crippen LogP contribution in [0.1, 0.15) is 31.2 Å². The van der Waals surface area contributed by atoms with E-state index in [1.54, 1.807) is 4.90 Å². The van der Waals surface area contributed by atoms with Gasteiger partial charge >= 0.3 is 0 Å². The van der Waals surface area contributed by atoms with Gasteiger partial charge < -0.3 is 15.7 Å². The smallest absolute Gasteiger partial charge is 0.251 e. The molecule has 0 aromatic heterocycles. The van der Waals surface area contributed by atoms with Crippen molar-refractivity contribution >= 4 is 23.4 Å². The summed E-state index contributed by atoms with van der Waals surface area (Å²) in [6, 6.07) is 7.54. The first-order valence-electron chi connectivity index (χ1n) is 7.91. The van der Waals surface area contributed by atoms with E-state index in [4.69, 9.17) is 17.3 Å². The van der Waals surface area contributed by atoms with Gasteiger partial charge in [-0.05, 0) is 43.7 Å². The number of halogens is 1. The van der Waals surface area contributed by atoms with Crippen molar-refractivity contribution in [2.24, 2.45) is 11.1 Å². The fourth-order valence-corrected chi connectivity index (χ4v) is 3.57. The summed E-state index contributed by atoms with van der Waals surface area (Å²) >= 11 is 6.21. The number of rotatable bonds is 4. The lowest BCUT2D eigenvalue weighted by Crippen LogP contribution is -2.58. The van der Waals surface area contributed by atoms with Gasteiger partial charge in [0, 0.05) is 11.6 Å². The second-order valence-electron chi connectivity index (χ2n) is 6.77. The number of likely N-dealkylation sites (tertiary alicyclic amines) is 1. The van der Waals surface area contributed by atoms with Crippen molar-refractivity contribution in [2.75, 3.05) is 13.1 Å². The molecule has 1 saturated carbocycles. The number of benzene rings is 1. The van der Waals surface area contributed by atoms with E-state index in [0.717, 1.165) is 18.4 Å². The molecule has 0 radical (unpaired) electrons. The minimum atomic E-state index is -1.60. The lowest BCUT2D eigenvalue weighted by atomic mass is 9.89. The second-order valence-corrected chi connectivity index (χ2v) is 7.18. The van der Waals surface area contributed by atoms with E-state index >= 15 is 0 Å². The molecule has 1 aromatic carbocycles. The van der Waals surface area contributed by atoms with Gasteiger partial charge in [0.15, 0.2) is 5.60 Å². The summed E-state index contributed by atoms with van der Waals surface area (Å²) in [6.45, 7) is 0.546. The molecule has 2 amide bonds. The Hall–Kier alpha value is -1.59. The Bertz CT molecular complexity index is 644. The van der Waals surface area contributed by atoms with E-state index in [-0.39, 0.29) is 12.5 Å².